The number of ether oxygens (including phenoxy) is 1. The Morgan fingerprint density at radius 3 is 2.54 bits per heavy atom. The number of rotatable bonds is 3. The SMILES string of the molecule is COc1ncc(C(=O)C2CC2)cn1. The van der Waals surface area contributed by atoms with Gasteiger partial charge in [0.1, 0.15) is 0 Å². The Morgan fingerprint density at radius 1 is 1.46 bits per heavy atom. The normalized spacial score (nSPS) is 15.5. The van der Waals surface area contributed by atoms with E-state index in [1.807, 2.05) is 0 Å². The van der Waals surface area contributed by atoms with Crippen LogP contribution in [0.2, 0.25) is 0 Å². The summed E-state index contributed by atoms with van der Waals surface area (Å²) >= 11 is 0. The van der Waals surface area contributed by atoms with Crippen LogP contribution in [0.3, 0.4) is 0 Å². The summed E-state index contributed by atoms with van der Waals surface area (Å²) in [5, 5.41) is 0. The van der Waals surface area contributed by atoms with E-state index >= 15 is 0 Å². The fourth-order valence-corrected chi connectivity index (χ4v) is 1.13. The highest BCUT2D eigenvalue weighted by Crippen LogP contribution is 2.32. The third-order valence-corrected chi connectivity index (χ3v) is 2.04. The van der Waals surface area contributed by atoms with Gasteiger partial charge in [0.05, 0.1) is 12.7 Å². The zero-order chi connectivity index (χ0) is 9.26. The highest BCUT2D eigenvalue weighted by atomic mass is 16.5. The molecule has 4 heteroatoms. The van der Waals surface area contributed by atoms with Crippen LogP contribution in [0.4, 0.5) is 0 Å². The minimum atomic E-state index is 0.155. The van der Waals surface area contributed by atoms with E-state index in [1.54, 1.807) is 0 Å². The van der Waals surface area contributed by atoms with E-state index in [9.17, 15) is 4.79 Å². The molecule has 1 fully saturated rings. The van der Waals surface area contributed by atoms with E-state index < -0.39 is 0 Å². The lowest BCUT2D eigenvalue weighted by Crippen LogP contribution is -2.03. The molecule has 0 aromatic carbocycles. The van der Waals surface area contributed by atoms with Gasteiger partial charge >= 0.3 is 6.01 Å². The lowest BCUT2D eigenvalue weighted by Gasteiger charge is -1.98. The first-order valence-electron chi connectivity index (χ1n) is 4.21. The largest absolute Gasteiger partial charge is 0.467 e. The highest BCUT2D eigenvalue weighted by molar-refractivity contribution is 5.98. The van der Waals surface area contributed by atoms with Crippen molar-refractivity contribution in [1.82, 2.24) is 9.97 Å². The Bertz CT molecular complexity index is 317. The molecule has 1 saturated carbocycles. The second-order valence-electron chi connectivity index (χ2n) is 3.10. The van der Waals surface area contributed by atoms with Crippen molar-refractivity contribution < 1.29 is 9.53 Å². The minimum absolute atomic E-state index is 0.155. The van der Waals surface area contributed by atoms with Crippen molar-refractivity contribution in [3.05, 3.63) is 18.0 Å². The summed E-state index contributed by atoms with van der Waals surface area (Å²) in [7, 11) is 1.50. The van der Waals surface area contributed by atoms with Crippen LogP contribution in [0.15, 0.2) is 12.4 Å². The maximum Gasteiger partial charge on any atom is 0.316 e. The van der Waals surface area contributed by atoms with Crippen molar-refractivity contribution in [2.24, 2.45) is 5.92 Å². The maximum absolute atomic E-state index is 11.5. The molecule has 1 aromatic rings. The molecule has 2 rings (SSSR count). The van der Waals surface area contributed by atoms with Crippen molar-refractivity contribution >= 4 is 5.78 Å². The fraction of sp³-hybridized carbons (Fsp3) is 0.444. The number of methoxy groups -OCH3 is 1. The summed E-state index contributed by atoms with van der Waals surface area (Å²) in [5.74, 6) is 0.375. The molecular formula is C9H10N2O2. The lowest BCUT2D eigenvalue weighted by molar-refractivity contribution is 0.0967. The second kappa shape index (κ2) is 3.12. The zero-order valence-corrected chi connectivity index (χ0v) is 7.36. The van der Waals surface area contributed by atoms with Gasteiger partial charge < -0.3 is 4.74 Å². The van der Waals surface area contributed by atoms with Gasteiger partial charge in [-0.3, -0.25) is 4.79 Å². The Balaban J connectivity index is 2.16. The Kier molecular flexibility index (Phi) is 1.96. The molecule has 0 spiro atoms. The van der Waals surface area contributed by atoms with Gasteiger partial charge in [0.2, 0.25) is 0 Å². The number of hydrogen-bond donors (Lipinski definition) is 0. The summed E-state index contributed by atoms with van der Waals surface area (Å²) in [6, 6.07) is 0.298. The Labute approximate surface area is 76.0 Å². The Hall–Kier alpha value is -1.45. The number of carbonyl (C=O) groups excluding carboxylic acids is 1. The van der Waals surface area contributed by atoms with Crippen molar-refractivity contribution in [2.75, 3.05) is 7.11 Å². The smallest absolute Gasteiger partial charge is 0.316 e. The molecule has 0 bridgehead atoms. The molecule has 0 aliphatic heterocycles. The molecule has 0 radical (unpaired) electrons. The van der Waals surface area contributed by atoms with Crippen LogP contribution >= 0.6 is 0 Å². The number of nitrogens with zero attached hydrogens (tertiary/aromatic N) is 2. The molecule has 0 saturated heterocycles. The van der Waals surface area contributed by atoms with Crippen LogP contribution < -0.4 is 4.74 Å². The van der Waals surface area contributed by atoms with E-state index in [-0.39, 0.29) is 11.7 Å². The molecule has 0 N–H and O–H groups in total. The topological polar surface area (TPSA) is 52.1 Å². The van der Waals surface area contributed by atoms with E-state index in [0.29, 0.717) is 11.6 Å². The van der Waals surface area contributed by atoms with Crippen LogP contribution in [0.25, 0.3) is 0 Å². The summed E-state index contributed by atoms with van der Waals surface area (Å²) < 4.78 is 4.79. The van der Waals surface area contributed by atoms with Crippen molar-refractivity contribution in [1.29, 1.82) is 0 Å². The quantitative estimate of drug-likeness (QED) is 0.650. The average Bonchev–Trinajstić information content (AvgIpc) is 3.00. The minimum Gasteiger partial charge on any atom is -0.467 e. The summed E-state index contributed by atoms with van der Waals surface area (Å²) in [4.78, 5) is 19.2. The molecule has 4 nitrogen and oxygen atoms in total. The van der Waals surface area contributed by atoms with E-state index in [4.69, 9.17) is 4.74 Å². The first-order valence-corrected chi connectivity index (χ1v) is 4.21. The number of carbonyl (C=O) groups is 1. The fourth-order valence-electron chi connectivity index (χ4n) is 1.13. The third kappa shape index (κ3) is 1.66. The van der Waals surface area contributed by atoms with Crippen molar-refractivity contribution in [3.8, 4) is 6.01 Å². The zero-order valence-electron chi connectivity index (χ0n) is 7.36. The molecule has 1 heterocycles. The molecule has 13 heavy (non-hydrogen) atoms. The number of hydrogen-bond acceptors (Lipinski definition) is 4. The van der Waals surface area contributed by atoms with Crippen LogP contribution in [-0.2, 0) is 0 Å². The van der Waals surface area contributed by atoms with Gasteiger partial charge in [0.15, 0.2) is 5.78 Å². The number of ketones is 1. The lowest BCUT2D eigenvalue weighted by atomic mass is 10.1. The molecule has 1 aromatic heterocycles. The van der Waals surface area contributed by atoms with Gasteiger partial charge in [-0.15, -0.1) is 0 Å². The molecule has 68 valence electrons. The molecule has 1 aliphatic carbocycles. The summed E-state index contributed by atoms with van der Waals surface area (Å²) in [5.41, 5.74) is 0.586. The highest BCUT2D eigenvalue weighted by Gasteiger charge is 2.30. The van der Waals surface area contributed by atoms with E-state index in [0.717, 1.165) is 12.8 Å². The van der Waals surface area contributed by atoms with Crippen LogP contribution in [0.1, 0.15) is 23.2 Å². The summed E-state index contributed by atoms with van der Waals surface area (Å²) in [6.07, 6.45) is 5.05. The molecule has 0 amide bonds. The second-order valence-corrected chi connectivity index (χ2v) is 3.10. The third-order valence-electron chi connectivity index (χ3n) is 2.04. The molecule has 0 atom stereocenters. The predicted molar refractivity (Wildman–Crippen MR) is 45.6 cm³/mol. The first-order chi connectivity index (χ1) is 6.31. The van der Waals surface area contributed by atoms with Crippen molar-refractivity contribution in [3.63, 3.8) is 0 Å². The van der Waals surface area contributed by atoms with E-state index in [1.165, 1.54) is 19.5 Å². The summed E-state index contributed by atoms with van der Waals surface area (Å²) in [6.45, 7) is 0. The molecule has 0 unspecified atom stereocenters. The van der Waals surface area contributed by atoms with Gasteiger partial charge in [-0.25, -0.2) is 9.97 Å². The van der Waals surface area contributed by atoms with Crippen molar-refractivity contribution in [2.45, 2.75) is 12.8 Å². The average molecular weight is 178 g/mol. The monoisotopic (exact) mass is 178 g/mol. The standard InChI is InChI=1S/C9H10N2O2/c1-13-9-10-4-7(5-11-9)8(12)6-2-3-6/h4-6H,2-3H2,1H3. The number of Topliss-reactive ketones (excluding diaryl/α,β-unsaturated/α-hetero) is 1. The maximum atomic E-state index is 11.5. The van der Waals surface area contributed by atoms with E-state index in [2.05, 4.69) is 9.97 Å². The molecule has 1 aliphatic rings. The van der Waals surface area contributed by atoms with Gasteiger partial charge in [0, 0.05) is 18.3 Å². The van der Waals surface area contributed by atoms with Gasteiger partial charge in [-0.05, 0) is 12.8 Å². The molecular weight excluding hydrogens is 168 g/mol. The van der Waals surface area contributed by atoms with Crippen LogP contribution in [0.5, 0.6) is 6.01 Å². The van der Waals surface area contributed by atoms with Crippen LogP contribution in [-0.4, -0.2) is 22.9 Å². The Morgan fingerprint density at radius 2 is 2.08 bits per heavy atom. The van der Waals surface area contributed by atoms with Gasteiger partial charge in [0.25, 0.3) is 0 Å². The first kappa shape index (κ1) is 8.16. The van der Waals surface area contributed by atoms with Gasteiger partial charge in [-0.1, -0.05) is 0 Å². The van der Waals surface area contributed by atoms with Crippen LogP contribution in [0, 0.1) is 5.92 Å². The number of aromatic nitrogens is 2. The predicted octanol–water partition coefficient (Wildman–Crippen LogP) is 1.08. The van der Waals surface area contributed by atoms with Gasteiger partial charge in [-0.2, -0.15) is 0 Å².